The molecule has 0 aliphatic carbocycles. The number of halogens is 1. The summed E-state index contributed by atoms with van der Waals surface area (Å²) < 4.78 is 1.97. The molecule has 1 nitrogen and oxygen atoms in total. The van der Waals surface area contributed by atoms with Crippen molar-refractivity contribution in [2.45, 2.75) is 148 Å². The lowest BCUT2D eigenvalue weighted by Gasteiger charge is -2.05. The number of hydrogen-bond acceptors (Lipinski definition) is 1. The highest BCUT2D eigenvalue weighted by molar-refractivity contribution is 14.1. The van der Waals surface area contributed by atoms with Gasteiger partial charge in [-0.1, -0.05) is 170 Å². The van der Waals surface area contributed by atoms with Crippen molar-refractivity contribution in [1.82, 2.24) is 5.32 Å². The molecular weight excluding hydrogens is 517 g/mol. The molecule has 1 N–H and O–H groups in total. The summed E-state index contributed by atoms with van der Waals surface area (Å²) in [4.78, 5) is 0. The molecule has 0 rings (SSSR count). The van der Waals surface area contributed by atoms with E-state index in [1.807, 2.05) is 0 Å². The van der Waals surface area contributed by atoms with Crippen LogP contribution < -0.4 is 5.32 Å². The van der Waals surface area contributed by atoms with E-state index in [1.165, 1.54) is 152 Å². The first-order chi connectivity index (χ1) is 14.8. The Morgan fingerprint density at radius 2 is 0.700 bits per heavy atom. The second-order valence-electron chi connectivity index (χ2n) is 9.05. The van der Waals surface area contributed by atoms with Crippen LogP contribution in [0.2, 0.25) is 0 Å². The van der Waals surface area contributed by atoms with Gasteiger partial charge in [0.25, 0.3) is 0 Å². The minimum Gasteiger partial charge on any atom is -0.371 e. The number of thiol groups is 1. The van der Waals surface area contributed by atoms with E-state index < -0.39 is 0 Å². The van der Waals surface area contributed by atoms with Gasteiger partial charge in [-0.15, -0.1) is 12.6 Å². The number of rotatable bonds is 25. The van der Waals surface area contributed by atoms with Crippen LogP contribution in [0.1, 0.15) is 148 Å². The van der Waals surface area contributed by atoms with E-state index >= 15 is 0 Å². The van der Waals surface area contributed by atoms with Gasteiger partial charge in [-0.3, -0.25) is 0 Å². The summed E-state index contributed by atoms with van der Waals surface area (Å²) in [5.41, 5.74) is 0. The molecule has 0 saturated carbocycles. The summed E-state index contributed by atoms with van der Waals surface area (Å²) in [6.07, 6.45) is 33.2. The van der Waals surface area contributed by atoms with E-state index in [-0.39, 0.29) is 0 Å². The maximum atomic E-state index is 4.89. The van der Waals surface area contributed by atoms with Crippen LogP contribution in [-0.4, -0.2) is 15.3 Å². The Kier molecular flexibility index (Phi) is 28.9. The Morgan fingerprint density at radius 3 is 0.933 bits per heavy atom. The molecule has 0 heterocycles. The highest BCUT2D eigenvalue weighted by Gasteiger charge is 1.96. The maximum absolute atomic E-state index is 4.89. The van der Waals surface area contributed by atoms with Crippen LogP contribution in [0.3, 0.4) is 0 Å². The minimum absolute atomic E-state index is 0.629. The fraction of sp³-hybridized carbons (Fsp3) is 0.962. The molecule has 0 aromatic heterocycles. The molecule has 0 fully saturated rings. The molecule has 0 saturated heterocycles. The molecule has 0 spiro atoms. The molecule has 0 aromatic carbocycles. The van der Waals surface area contributed by atoms with Crippen LogP contribution in [-0.2, 0) is 0 Å². The van der Waals surface area contributed by atoms with Gasteiger partial charge in [-0.25, -0.2) is 0 Å². The first-order valence-corrected chi connectivity index (χ1v) is 15.7. The first kappa shape index (κ1) is 31.0. The zero-order valence-electron chi connectivity index (χ0n) is 19.9. The predicted molar refractivity (Wildman–Crippen MR) is 155 cm³/mol. The van der Waals surface area contributed by atoms with E-state index in [2.05, 4.69) is 40.5 Å². The van der Waals surface area contributed by atoms with Crippen molar-refractivity contribution in [3.05, 3.63) is 0 Å². The zero-order valence-corrected chi connectivity index (χ0v) is 23.8. The van der Waals surface area contributed by atoms with E-state index in [4.69, 9.17) is 12.2 Å². The second-order valence-corrected chi connectivity index (χ2v) is 11.3. The predicted octanol–water partition coefficient (Wildman–Crippen LogP) is 10.2. The molecule has 0 atom stereocenters. The molecule has 0 aromatic rings. The molecule has 0 radical (unpaired) electrons. The minimum atomic E-state index is 0.629. The highest BCUT2D eigenvalue weighted by Crippen LogP contribution is 2.15. The van der Waals surface area contributed by atoms with E-state index in [1.54, 1.807) is 0 Å². The third-order valence-electron chi connectivity index (χ3n) is 6.09. The number of nitrogens with one attached hydrogen (secondary N) is 1. The fourth-order valence-electron chi connectivity index (χ4n) is 4.13. The van der Waals surface area contributed by atoms with Gasteiger partial charge in [0.1, 0.15) is 4.32 Å². The van der Waals surface area contributed by atoms with Crippen molar-refractivity contribution in [3.63, 3.8) is 0 Å². The summed E-state index contributed by atoms with van der Waals surface area (Å²) >= 11 is 11.5. The molecule has 0 aliphatic heterocycles. The molecular formula is C26H52INS2. The van der Waals surface area contributed by atoms with Gasteiger partial charge in [0.2, 0.25) is 0 Å². The molecule has 4 heteroatoms. The van der Waals surface area contributed by atoms with Crippen molar-refractivity contribution < 1.29 is 0 Å². The largest absolute Gasteiger partial charge is 0.371 e. The Balaban J connectivity index is 2.99. The zero-order chi connectivity index (χ0) is 22.0. The van der Waals surface area contributed by atoms with Crippen LogP contribution in [0.15, 0.2) is 0 Å². The number of thiocarbonyl (C=S) groups is 1. The van der Waals surface area contributed by atoms with Gasteiger partial charge in [0.15, 0.2) is 0 Å². The summed E-state index contributed by atoms with van der Waals surface area (Å²) in [6, 6.07) is 0. The van der Waals surface area contributed by atoms with Crippen LogP contribution in [0, 0.1) is 0 Å². The quantitative estimate of drug-likeness (QED) is 0.0373. The third-order valence-corrected chi connectivity index (χ3v) is 7.15. The van der Waals surface area contributed by atoms with Crippen molar-refractivity contribution in [2.24, 2.45) is 0 Å². The summed E-state index contributed by atoms with van der Waals surface area (Å²) in [5, 5.41) is 3.11. The molecule has 180 valence electrons. The van der Waals surface area contributed by atoms with Crippen LogP contribution in [0.4, 0.5) is 0 Å². The molecule has 0 unspecified atom stereocenters. The summed E-state index contributed by atoms with van der Waals surface area (Å²) in [7, 11) is 0. The Morgan fingerprint density at radius 1 is 0.467 bits per heavy atom. The van der Waals surface area contributed by atoms with Crippen molar-refractivity contribution in [2.75, 3.05) is 11.0 Å². The smallest absolute Gasteiger partial charge is 0.130 e. The van der Waals surface area contributed by atoms with Crippen molar-refractivity contribution in [1.29, 1.82) is 0 Å². The van der Waals surface area contributed by atoms with Gasteiger partial charge < -0.3 is 5.32 Å². The number of alkyl halides is 1. The van der Waals surface area contributed by atoms with Gasteiger partial charge >= 0.3 is 0 Å². The highest BCUT2D eigenvalue weighted by atomic mass is 127. The van der Waals surface area contributed by atoms with E-state index in [0.717, 1.165) is 6.54 Å². The Bertz CT molecular complexity index is 339. The normalized spacial score (nSPS) is 11.1. The van der Waals surface area contributed by atoms with E-state index in [9.17, 15) is 0 Å². The standard InChI is InChI=1S/C26H52INS2/c27-24-22-20-18-16-14-12-10-8-6-4-2-1-3-5-7-9-11-13-15-17-19-21-23-25-28-26(29)30/h1-25H2,(H2,28,29,30). The fourth-order valence-corrected chi connectivity index (χ4v) is 4.88. The lowest BCUT2D eigenvalue weighted by molar-refractivity contribution is 0.518. The van der Waals surface area contributed by atoms with Crippen LogP contribution >= 0.6 is 47.4 Å². The monoisotopic (exact) mass is 569 g/mol. The SMILES string of the molecule is S=C(S)NCCCCCCCCCCCCCCCCCCCCCCCCCI. The average Bonchev–Trinajstić information content (AvgIpc) is 2.73. The van der Waals surface area contributed by atoms with Crippen molar-refractivity contribution >= 4 is 51.8 Å². The van der Waals surface area contributed by atoms with E-state index in [0.29, 0.717) is 4.32 Å². The second kappa shape index (κ2) is 28.0. The average molecular weight is 570 g/mol. The molecule has 30 heavy (non-hydrogen) atoms. The third kappa shape index (κ3) is 29.0. The summed E-state index contributed by atoms with van der Waals surface area (Å²) in [5.74, 6) is 0. The Labute approximate surface area is 214 Å². The van der Waals surface area contributed by atoms with Crippen molar-refractivity contribution in [3.8, 4) is 0 Å². The molecule has 0 bridgehead atoms. The van der Waals surface area contributed by atoms with Gasteiger partial charge in [0, 0.05) is 6.54 Å². The maximum Gasteiger partial charge on any atom is 0.130 e. The summed E-state index contributed by atoms with van der Waals surface area (Å²) in [6.45, 7) is 0.988. The Hall–Kier alpha value is 0.970. The number of unbranched alkanes of at least 4 members (excludes halogenated alkanes) is 22. The topological polar surface area (TPSA) is 12.0 Å². The van der Waals surface area contributed by atoms with Gasteiger partial charge in [-0.05, 0) is 17.3 Å². The van der Waals surface area contributed by atoms with Crippen LogP contribution in [0.25, 0.3) is 0 Å². The van der Waals surface area contributed by atoms with Gasteiger partial charge in [0.05, 0.1) is 0 Å². The lowest BCUT2D eigenvalue weighted by Crippen LogP contribution is -2.17. The lowest BCUT2D eigenvalue weighted by atomic mass is 10.0. The molecule has 0 aliphatic rings. The van der Waals surface area contributed by atoms with Crippen LogP contribution in [0.5, 0.6) is 0 Å². The van der Waals surface area contributed by atoms with Gasteiger partial charge in [-0.2, -0.15) is 0 Å². The number of hydrogen-bond donors (Lipinski definition) is 2. The molecule has 0 amide bonds. The first-order valence-electron chi connectivity index (χ1n) is 13.3.